The molecule has 0 N–H and O–H groups in total. The minimum absolute atomic E-state index is 0.00248. The lowest BCUT2D eigenvalue weighted by Crippen LogP contribution is -2.33. The van der Waals surface area contributed by atoms with E-state index in [1.54, 1.807) is 39.0 Å². The van der Waals surface area contributed by atoms with Crippen LogP contribution in [0.5, 0.6) is 0 Å². The van der Waals surface area contributed by atoms with Gasteiger partial charge in [-0.3, -0.25) is 4.79 Å². The van der Waals surface area contributed by atoms with Crippen LogP contribution >= 0.6 is 0 Å². The van der Waals surface area contributed by atoms with Crippen LogP contribution in [0.25, 0.3) is 11.8 Å². The van der Waals surface area contributed by atoms with Crippen molar-refractivity contribution in [2.45, 2.75) is 45.9 Å². The van der Waals surface area contributed by atoms with Gasteiger partial charge >= 0.3 is 12.1 Å². The van der Waals surface area contributed by atoms with Crippen molar-refractivity contribution in [3.8, 4) is 5.69 Å². The van der Waals surface area contributed by atoms with Gasteiger partial charge in [0.05, 0.1) is 42.2 Å². The van der Waals surface area contributed by atoms with Gasteiger partial charge in [-0.05, 0) is 63.5 Å². The van der Waals surface area contributed by atoms with Crippen molar-refractivity contribution in [2.75, 3.05) is 20.3 Å². The van der Waals surface area contributed by atoms with Crippen LogP contribution in [0.1, 0.15) is 42.3 Å². The van der Waals surface area contributed by atoms with Crippen molar-refractivity contribution in [3.63, 3.8) is 0 Å². The van der Waals surface area contributed by atoms with E-state index in [1.807, 2.05) is 0 Å². The Labute approximate surface area is 201 Å². The number of allylic oxidation sites excluding steroid dienone is 1. The third-order valence-electron chi connectivity index (χ3n) is 6.53. The van der Waals surface area contributed by atoms with Gasteiger partial charge in [-0.25, -0.2) is 4.79 Å². The highest BCUT2D eigenvalue weighted by molar-refractivity contribution is 6.16. The van der Waals surface area contributed by atoms with Gasteiger partial charge in [0.25, 0.3) is 5.91 Å². The summed E-state index contributed by atoms with van der Waals surface area (Å²) in [5, 5.41) is 0. The highest BCUT2D eigenvalue weighted by atomic mass is 19.4. The number of alkyl halides is 3. The van der Waals surface area contributed by atoms with E-state index in [0.717, 1.165) is 18.9 Å². The fourth-order valence-electron chi connectivity index (χ4n) is 4.81. The Hall–Kier alpha value is -3.33. The van der Waals surface area contributed by atoms with Crippen LogP contribution in [0.3, 0.4) is 0 Å². The van der Waals surface area contributed by atoms with Crippen LogP contribution in [-0.2, 0) is 25.2 Å². The molecule has 3 heterocycles. The average molecular weight is 489 g/mol. The zero-order chi connectivity index (χ0) is 25.5. The van der Waals surface area contributed by atoms with Gasteiger partial charge < -0.3 is 18.9 Å². The van der Waals surface area contributed by atoms with Crippen LogP contribution in [0, 0.1) is 13.8 Å². The number of methoxy groups -OCH3 is 1. The van der Waals surface area contributed by atoms with Crippen LogP contribution in [-0.4, -0.2) is 47.7 Å². The fraction of sp³-hybridized carbons (Fsp3) is 0.385. The largest absolute Gasteiger partial charge is 0.465 e. The van der Waals surface area contributed by atoms with Crippen molar-refractivity contribution in [1.82, 2.24) is 9.47 Å². The quantitative estimate of drug-likeness (QED) is 0.441. The second-order valence-corrected chi connectivity index (χ2v) is 8.74. The second kappa shape index (κ2) is 9.37. The number of carbonyl (C=O) groups excluding carboxylic acids is 2. The number of carbonyl (C=O) groups is 2. The zero-order valence-electron chi connectivity index (χ0n) is 20.0. The summed E-state index contributed by atoms with van der Waals surface area (Å²) in [7, 11) is 1.24. The number of halogens is 3. The van der Waals surface area contributed by atoms with E-state index in [4.69, 9.17) is 9.47 Å². The van der Waals surface area contributed by atoms with Gasteiger partial charge in [0, 0.05) is 23.7 Å². The predicted molar refractivity (Wildman–Crippen MR) is 124 cm³/mol. The molecule has 6 nitrogen and oxygen atoms in total. The topological polar surface area (TPSA) is 60.8 Å². The molecule has 1 amide bonds. The molecule has 1 saturated heterocycles. The molecular formula is C26H27F3N2O4. The van der Waals surface area contributed by atoms with Gasteiger partial charge in [0.1, 0.15) is 0 Å². The van der Waals surface area contributed by atoms with Gasteiger partial charge in [-0.1, -0.05) is 12.1 Å². The smallest absolute Gasteiger partial charge is 0.418 e. The normalized spacial score (nSPS) is 19.9. The Morgan fingerprint density at radius 1 is 1.23 bits per heavy atom. The number of hydrogen-bond donors (Lipinski definition) is 0. The Kier molecular flexibility index (Phi) is 6.64. The molecule has 186 valence electrons. The molecule has 1 fully saturated rings. The van der Waals surface area contributed by atoms with E-state index >= 15 is 0 Å². The van der Waals surface area contributed by atoms with Crippen molar-refractivity contribution >= 4 is 18.0 Å². The molecule has 0 unspecified atom stereocenters. The Morgan fingerprint density at radius 3 is 2.57 bits per heavy atom. The number of benzene rings is 1. The lowest BCUT2D eigenvalue weighted by molar-refractivity contribution is -0.137. The SMILES string of the molecule is COC(=O)C1=C(C)N(C[C@@H]2CCCO2)C(=O)/C1=C\c1cc(C)n(-c2ccccc2C(F)(F)F)c1C. The molecule has 1 atom stereocenters. The first-order valence-corrected chi connectivity index (χ1v) is 11.3. The molecule has 2 aliphatic heterocycles. The molecule has 0 bridgehead atoms. The van der Waals surface area contributed by atoms with Gasteiger partial charge in [-0.2, -0.15) is 13.2 Å². The summed E-state index contributed by atoms with van der Waals surface area (Å²) in [6.07, 6.45) is -1.35. The third kappa shape index (κ3) is 4.52. The summed E-state index contributed by atoms with van der Waals surface area (Å²) >= 11 is 0. The number of esters is 1. The average Bonchev–Trinajstić information content (AvgIpc) is 3.48. The maximum atomic E-state index is 13.7. The summed E-state index contributed by atoms with van der Waals surface area (Å²) in [4.78, 5) is 27.5. The summed E-state index contributed by atoms with van der Waals surface area (Å²) < 4.78 is 53.1. The van der Waals surface area contributed by atoms with Gasteiger partial charge in [-0.15, -0.1) is 0 Å². The number of hydrogen-bond acceptors (Lipinski definition) is 4. The molecule has 4 rings (SSSR count). The van der Waals surface area contributed by atoms with Crippen molar-refractivity contribution < 1.29 is 32.2 Å². The van der Waals surface area contributed by atoms with E-state index in [0.29, 0.717) is 35.8 Å². The standard InChI is InChI=1S/C26H27F3N2O4/c1-15-12-18(16(2)31(15)22-10-6-5-9-21(22)26(27,28)29)13-20-23(25(33)34-4)17(3)30(24(20)32)14-19-8-7-11-35-19/h5-6,9-10,12-13,19H,7-8,11,14H2,1-4H3/b20-13-/t19-/m0/s1. The highest BCUT2D eigenvalue weighted by Gasteiger charge is 2.39. The lowest BCUT2D eigenvalue weighted by atomic mass is 10.0. The van der Waals surface area contributed by atoms with E-state index in [-0.39, 0.29) is 28.8 Å². The predicted octanol–water partition coefficient (Wildman–Crippen LogP) is 4.96. The third-order valence-corrected chi connectivity index (χ3v) is 6.53. The van der Waals surface area contributed by atoms with Crippen LogP contribution in [0.2, 0.25) is 0 Å². The molecule has 35 heavy (non-hydrogen) atoms. The van der Waals surface area contributed by atoms with Crippen molar-refractivity contribution in [3.05, 3.63) is 69.7 Å². The summed E-state index contributed by atoms with van der Waals surface area (Å²) in [6.45, 7) is 6.02. The molecule has 0 radical (unpaired) electrons. The van der Waals surface area contributed by atoms with Crippen LogP contribution in [0.15, 0.2) is 47.2 Å². The van der Waals surface area contributed by atoms with E-state index in [1.165, 1.54) is 28.7 Å². The zero-order valence-corrected chi connectivity index (χ0v) is 20.0. The first-order valence-electron chi connectivity index (χ1n) is 11.3. The number of rotatable bonds is 5. The van der Waals surface area contributed by atoms with Crippen molar-refractivity contribution in [2.24, 2.45) is 0 Å². The summed E-state index contributed by atoms with van der Waals surface area (Å²) in [5.74, 6) is -1.01. The monoisotopic (exact) mass is 488 g/mol. The molecule has 9 heteroatoms. The highest BCUT2D eigenvalue weighted by Crippen LogP contribution is 2.37. The number of aryl methyl sites for hydroxylation is 1. The minimum atomic E-state index is -4.53. The molecular weight excluding hydrogens is 461 g/mol. The molecule has 0 saturated carbocycles. The number of aromatic nitrogens is 1. The lowest BCUT2D eigenvalue weighted by Gasteiger charge is -2.21. The molecule has 1 aromatic heterocycles. The van der Waals surface area contributed by atoms with Gasteiger partial charge in [0.2, 0.25) is 0 Å². The number of amides is 1. The van der Waals surface area contributed by atoms with E-state index in [2.05, 4.69) is 0 Å². The second-order valence-electron chi connectivity index (χ2n) is 8.74. The summed E-state index contributed by atoms with van der Waals surface area (Å²) in [5.41, 5.74) is 1.62. The maximum absolute atomic E-state index is 13.7. The summed E-state index contributed by atoms with van der Waals surface area (Å²) in [6, 6.07) is 7.05. The number of para-hydroxylation sites is 1. The first kappa shape index (κ1) is 24.8. The Morgan fingerprint density at radius 2 is 1.94 bits per heavy atom. The minimum Gasteiger partial charge on any atom is -0.465 e. The Bertz CT molecular complexity index is 1230. The molecule has 1 aromatic carbocycles. The molecule has 2 aromatic rings. The van der Waals surface area contributed by atoms with Crippen LogP contribution in [0.4, 0.5) is 13.2 Å². The molecule has 0 spiro atoms. The fourth-order valence-corrected chi connectivity index (χ4v) is 4.81. The molecule has 2 aliphatic rings. The first-order chi connectivity index (χ1) is 16.5. The van der Waals surface area contributed by atoms with E-state index < -0.39 is 17.7 Å². The maximum Gasteiger partial charge on any atom is 0.418 e. The number of ether oxygens (including phenoxy) is 2. The Balaban J connectivity index is 1.79. The van der Waals surface area contributed by atoms with Crippen molar-refractivity contribution in [1.29, 1.82) is 0 Å². The van der Waals surface area contributed by atoms with Crippen LogP contribution < -0.4 is 0 Å². The molecule has 0 aliphatic carbocycles. The van der Waals surface area contributed by atoms with E-state index in [9.17, 15) is 22.8 Å². The van der Waals surface area contributed by atoms with Gasteiger partial charge in [0.15, 0.2) is 0 Å². The number of nitrogens with zero attached hydrogens (tertiary/aromatic N) is 2.